The number of carbonyl (C=O) groups is 1. The molecule has 1 aliphatic heterocycles. The van der Waals surface area contributed by atoms with Crippen LogP contribution in [0.4, 0.5) is 14.5 Å². The first-order chi connectivity index (χ1) is 14.8. The number of amidine groups is 1. The third-order valence-corrected chi connectivity index (χ3v) is 6.85. The Morgan fingerprint density at radius 2 is 2.19 bits per heavy atom. The van der Waals surface area contributed by atoms with E-state index < -0.39 is 23.9 Å². The summed E-state index contributed by atoms with van der Waals surface area (Å²) in [6.45, 7) is 1.07. The van der Waals surface area contributed by atoms with Gasteiger partial charge in [-0.05, 0) is 55.0 Å². The van der Waals surface area contributed by atoms with E-state index in [0.717, 1.165) is 17.3 Å². The zero-order valence-corrected chi connectivity index (χ0v) is 18.6. The smallest absolute Gasteiger partial charge is 0.283 e. The minimum atomic E-state index is -1.33. The zero-order valence-electron chi connectivity index (χ0n) is 17.0. The molecule has 164 valence electrons. The van der Waals surface area contributed by atoms with Crippen LogP contribution < -0.4 is 11.1 Å². The monoisotopic (exact) mass is 465 g/mol. The molecule has 3 unspecified atom stereocenters. The number of aliphatic imine (C=N–C) groups is 1. The highest BCUT2D eigenvalue weighted by Crippen LogP contribution is 2.55. The lowest BCUT2D eigenvalue weighted by molar-refractivity contribution is 0.102. The Bertz CT molecular complexity index is 1080. The summed E-state index contributed by atoms with van der Waals surface area (Å²) in [5.74, 6) is -1.19. The Morgan fingerprint density at radius 3 is 2.87 bits per heavy atom. The summed E-state index contributed by atoms with van der Waals surface area (Å²) < 4.78 is 34.9. The minimum absolute atomic E-state index is 0.105. The number of hydrogen-bond acceptors (Lipinski definition) is 5. The molecule has 2 aliphatic rings. The van der Waals surface area contributed by atoms with Crippen molar-refractivity contribution in [2.45, 2.75) is 36.3 Å². The third kappa shape index (κ3) is 3.87. The van der Waals surface area contributed by atoms with Gasteiger partial charge in [0.1, 0.15) is 24.1 Å². The normalized spacial score (nSPS) is 24.1. The number of anilines is 1. The molecule has 3 N–H and O–H groups in total. The number of nitrogens with one attached hydrogen (secondary N) is 1. The summed E-state index contributed by atoms with van der Waals surface area (Å²) in [5.41, 5.74) is 6.26. The van der Waals surface area contributed by atoms with E-state index in [9.17, 15) is 9.18 Å². The fraction of sp³-hybridized carbons (Fsp3) is 0.364. The third-order valence-electron chi connectivity index (χ3n) is 5.80. The number of alkyl halides is 1. The van der Waals surface area contributed by atoms with Gasteiger partial charge in [0, 0.05) is 32.7 Å². The number of amides is 1. The van der Waals surface area contributed by atoms with Crippen LogP contribution in [0.15, 0.2) is 40.2 Å². The second kappa shape index (κ2) is 8.31. The predicted octanol–water partition coefficient (Wildman–Crippen LogP) is 4.91. The molecule has 0 saturated heterocycles. The average Bonchev–Trinajstić information content (AvgIpc) is 3.52. The van der Waals surface area contributed by atoms with Gasteiger partial charge in [0.2, 0.25) is 0 Å². The molecule has 1 amide bonds. The van der Waals surface area contributed by atoms with E-state index in [1.807, 2.05) is 6.92 Å². The van der Waals surface area contributed by atoms with Crippen LogP contribution in [0.2, 0.25) is 5.02 Å². The number of benzene rings is 2. The Morgan fingerprint density at radius 1 is 1.42 bits per heavy atom. The van der Waals surface area contributed by atoms with Gasteiger partial charge >= 0.3 is 0 Å². The molecule has 3 atom stereocenters. The van der Waals surface area contributed by atoms with Gasteiger partial charge in [0.25, 0.3) is 11.9 Å². The van der Waals surface area contributed by atoms with Gasteiger partial charge < -0.3 is 15.8 Å². The van der Waals surface area contributed by atoms with Crippen molar-refractivity contribution in [1.82, 2.24) is 0 Å². The Labute approximate surface area is 188 Å². The first-order valence-corrected chi connectivity index (χ1v) is 11.5. The summed E-state index contributed by atoms with van der Waals surface area (Å²) in [4.78, 5) is 17.5. The predicted molar refractivity (Wildman–Crippen MR) is 119 cm³/mol. The fourth-order valence-corrected chi connectivity index (χ4v) is 5.10. The number of hydrogen-bond donors (Lipinski definition) is 2. The highest BCUT2D eigenvalue weighted by atomic mass is 35.5. The van der Waals surface area contributed by atoms with E-state index in [2.05, 4.69) is 10.3 Å². The number of aryl methyl sites for hydroxylation is 1. The van der Waals surface area contributed by atoms with E-state index in [1.54, 1.807) is 30.5 Å². The van der Waals surface area contributed by atoms with Crippen molar-refractivity contribution in [2.75, 3.05) is 18.2 Å². The fourth-order valence-electron chi connectivity index (χ4n) is 4.20. The molecule has 1 heterocycles. The molecule has 31 heavy (non-hydrogen) atoms. The van der Waals surface area contributed by atoms with E-state index in [1.165, 1.54) is 6.07 Å². The van der Waals surface area contributed by atoms with Crippen LogP contribution in [0.3, 0.4) is 0 Å². The average molecular weight is 466 g/mol. The molecule has 1 fully saturated rings. The van der Waals surface area contributed by atoms with Gasteiger partial charge in [-0.3, -0.25) is 4.79 Å². The number of carbonyl (C=O) groups excluding carboxylic acids is 1. The van der Waals surface area contributed by atoms with Gasteiger partial charge in [-0.25, -0.2) is 13.8 Å². The van der Waals surface area contributed by atoms with Crippen LogP contribution in [0, 0.1) is 11.7 Å². The lowest BCUT2D eigenvalue weighted by atomic mass is 9.85. The largest absolute Gasteiger partial charge is 0.462 e. The van der Waals surface area contributed by atoms with E-state index in [4.69, 9.17) is 22.1 Å². The summed E-state index contributed by atoms with van der Waals surface area (Å²) in [6.07, 6.45) is 2.68. The van der Waals surface area contributed by atoms with Crippen molar-refractivity contribution >= 4 is 41.0 Å². The quantitative estimate of drug-likeness (QED) is 0.594. The van der Waals surface area contributed by atoms with Gasteiger partial charge in [-0.15, -0.1) is 11.8 Å². The van der Waals surface area contributed by atoms with Gasteiger partial charge in [0.05, 0.1) is 0 Å². The standard InChI is InChI=1S/C22H22ClF2N3O2S/c1-3-11-6-12(23)4-5-14(11)20(29)27-13-7-16(19(31-2)17(25)8-13)22(10-24)15-9-18(15)30-21(26)28-22/h4-8,15,18H,3,9-10H2,1-2H3,(H2,26,28)(H,27,29). The van der Waals surface area contributed by atoms with Crippen LogP contribution in [0.25, 0.3) is 0 Å². The second-order valence-corrected chi connectivity index (χ2v) is 8.91. The molecule has 2 aromatic carbocycles. The molecule has 5 nitrogen and oxygen atoms in total. The first-order valence-electron chi connectivity index (χ1n) is 9.88. The zero-order chi connectivity index (χ0) is 22.3. The van der Waals surface area contributed by atoms with Gasteiger partial charge in [-0.2, -0.15) is 0 Å². The van der Waals surface area contributed by atoms with Crippen LogP contribution >= 0.6 is 23.4 Å². The number of fused-ring (bicyclic) bond motifs is 1. The van der Waals surface area contributed by atoms with E-state index >= 15 is 4.39 Å². The van der Waals surface area contributed by atoms with Crippen molar-refractivity contribution in [3.63, 3.8) is 0 Å². The van der Waals surface area contributed by atoms with Crippen LogP contribution in [-0.2, 0) is 16.7 Å². The van der Waals surface area contributed by atoms with Crippen LogP contribution in [0.5, 0.6) is 0 Å². The number of rotatable bonds is 6. The molecule has 1 saturated carbocycles. The van der Waals surface area contributed by atoms with Gasteiger partial charge in [-0.1, -0.05) is 18.5 Å². The summed E-state index contributed by atoms with van der Waals surface area (Å²) >= 11 is 7.19. The maximum Gasteiger partial charge on any atom is 0.283 e. The lowest BCUT2D eigenvalue weighted by Gasteiger charge is -2.33. The minimum Gasteiger partial charge on any atom is -0.462 e. The molecular weight excluding hydrogens is 444 g/mol. The second-order valence-electron chi connectivity index (χ2n) is 7.65. The van der Waals surface area contributed by atoms with Crippen molar-refractivity contribution < 1.29 is 18.3 Å². The number of halogens is 3. The molecule has 1 aliphatic carbocycles. The topological polar surface area (TPSA) is 76.7 Å². The Balaban J connectivity index is 1.75. The van der Waals surface area contributed by atoms with Crippen LogP contribution in [0.1, 0.15) is 34.8 Å². The Kier molecular flexibility index (Phi) is 5.87. The van der Waals surface area contributed by atoms with Crippen molar-refractivity contribution in [1.29, 1.82) is 0 Å². The number of nitrogens with two attached hydrogens (primary N) is 1. The van der Waals surface area contributed by atoms with Crippen molar-refractivity contribution in [3.05, 3.63) is 57.9 Å². The van der Waals surface area contributed by atoms with Gasteiger partial charge in [0.15, 0.2) is 0 Å². The summed E-state index contributed by atoms with van der Waals surface area (Å²) in [5, 5.41) is 3.27. The van der Waals surface area contributed by atoms with Crippen molar-refractivity contribution in [2.24, 2.45) is 16.6 Å². The van der Waals surface area contributed by atoms with E-state index in [0.29, 0.717) is 29.0 Å². The van der Waals surface area contributed by atoms with Crippen molar-refractivity contribution in [3.8, 4) is 0 Å². The number of ether oxygens (including phenoxy) is 1. The maximum absolute atomic E-state index is 15.0. The summed E-state index contributed by atoms with van der Waals surface area (Å²) in [6, 6.07) is 7.70. The molecular formula is C22H22ClF2N3O2S. The van der Waals surface area contributed by atoms with Crippen LogP contribution in [-0.4, -0.2) is 31.0 Å². The molecule has 0 aromatic heterocycles. The SMILES string of the molecule is CCc1cc(Cl)ccc1C(=O)Nc1cc(F)c(SC)c(C2(CF)N=C(N)OC3CC32)c1. The maximum atomic E-state index is 15.0. The molecule has 0 bridgehead atoms. The van der Waals surface area contributed by atoms with E-state index in [-0.39, 0.29) is 28.6 Å². The lowest BCUT2D eigenvalue weighted by Crippen LogP contribution is -2.39. The Hall–Kier alpha value is -2.32. The molecule has 0 radical (unpaired) electrons. The molecule has 9 heteroatoms. The number of thioether (sulfide) groups is 1. The highest BCUT2D eigenvalue weighted by molar-refractivity contribution is 7.98. The highest BCUT2D eigenvalue weighted by Gasteiger charge is 2.60. The number of nitrogens with zero attached hydrogens (tertiary/aromatic N) is 1. The molecule has 4 rings (SSSR count). The molecule has 2 aromatic rings. The first kappa shape index (κ1) is 21.9. The summed E-state index contributed by atoms with van der Waals surface area (Å²) in [7, 11) is 0. The molecule has 0 spiro atoms.